The number of hydrogen-bond donors (Lipinski definition) is 0. The summed E-state index contributed by atoms with van der Waals surface area (Å²) < 4.78 is 16.3. The first-order valence-corrected chi connectivity index (χ1v) is 8.84. The first-order valence-electron chi connectivity index (χ1n) is 8.84. The van der Waals surface area contributed by atoms with Gasteiger partial charge < -0.3 is 14.0 Å². The summed E-state index contributed by atoms with van der Waals surface area (Å²) in [5.74, 6) is 1.77. The minimum atomic E-state index is -0.289. The average Bonchev–Trinajstić information content (AvgIpc) is 2.96. The summed E-state index contributed by atoms with van der Waals surface area (Å²) >= 11 is 0. The molecule has 0 aliphatic heterocycles. The highest BCUT2D eigenvalue weighted by Crippen LogP contribution is 2.19. The van der Waals surface area contributed by atoms with Crippen LogP contribution in [0, 0.1) is 27.7 Å². The molecule has 0 amide bonds. The van der Waals surface area contributed by atoms with E-state index in [0.29, 0.717) is 12.4 Å². The molecule has 0 fully saturated rings. The molecular formula is C22H23NO4. The Hall–Kier alpha value is -3.08. The number of benzene rings is 2. The van der Waals surface area contributed by atoms with Crippen LogP contribution in [0.1, 0.15) is 33.7 Å². The van der Waals surface area contributed by atoms with Gasteiger partial charge in [0, 0.05) is 0 Å². The molecule has 0 aliphatic rings. The predicted octanol–water partition coefficient (Wildman–Crippen LogP) is 4.64. The normalized spacial score (nSPS) is 10.7. The molecule has 0 saturated heterocycles. The van der Waals surface area contributed by atoms with Crippen molar-refractivity contribution in [3.05, 3.63) is 76.2 Å². The standard InChI is InChI=1S/C22H23NO4/c1-14-5-8-20(11-15(14)2)26-22(24)12-18-6-9-19(10-7-18)25-13-21-16(3)23-27-17(21)4/h5-11H,12-13H2,1-4H3. The Morgan fingerprint density at radius 2 is 1.67 bits per heavy atom. The Morgan fingerprint density at radius 3 is 2.30 bits per heavy atom. The fourth-order valence-electron chi connectivity index (χ4n) is 2.68. The van der Waals surface area contributed by atoms with Crippen molar-refractivity contribution in [2.45, 2.75) is 40.7 Å². The number of hydrogen-bond acceptors (Lipinski definition) is 5. The van der Waals surface area contributed by atoms with Crippen molar-refractivity contribution in [1.82, 2.24) is 5.16 Å². The first-order chi connectivity index (χ1) is 12.9. The zero-order chi connectivity index (χ0) is 19.4. The lowest BCUT2D eigenvalue weighted by Crippen LogP contribution is -2.11. The maximum atomic E-state index is 12.1. The van der Waals surface area contributed by atoms with Gasteiger partial charge in [-0.15, -0.1) is 0 Å². The van der Waals surface area contributed by atoms with Crippen LogP contribution in [0.4, 0.5) is 0 Å². The molecule has 3 rings (SSSR count). The molecule has 5 heteroatoms. The zero-order valence-electron chi connectivity index (χ0n) is 16.0. The molecule has 0 bridgehead atoms. The van der Waals surface area contributed by atoms with Gasteiger partial charge in [-0.1, -0.05) is 23.4 Å². The maximum Gasteiger partial charge on any atom is 0.315 e. The number of carbonyl (C=O) groups excluding carboxylic acids is 1. The largest absolute Gasteiger partial charge is 0.489 e. The van der Waals surface area contributed by atoms with Crippen LogP contribution >= 0.6 is 0 Å². The van der Waals surface area contributed by atoms with E-state index in [0.717, 1.165) is 33.9 Å². The molecule has 0 spiro atoms. The van der Waals surface area contributed by atoms with E-state index in [1.54, 1.807) is 0 Å². The fourth-order valence-corrected chi connectivity index (χ4v) is 2.68. The molecule has 3 aromatic rings. The number of rotatable bonds is 6. The molecular weight excluding hydrogens is 342 g/mol. The molecule has 0 aliphatic carbocycles. The van der Waals surface area contributed by atoms with E-state index in [1.807, 2.05) is 70.2 Å². The molecule has 27 heavy (non-hydrogen) atoms. The van der Waals surface area contributed by atoms with Gasteiger partial charge in [0.05, 0.1) is 17.7 Å². The molecule has 0 atom stereocenters. The molecule has 0 unspecified atom stereocenters. The van der Waals surface area contributed by atoms with Crippen molar-refractivity contribution in [3.8, 4) is 11.5 Å². The van der Waals surface area contributed by atoms with E-state index in [1.165, 1.54) is 5.56 Å². The third kappa shape index (κ3) is 4.76. The van der Waals surface area contributed by atoms with Crippen molar-refractivity contribution in [2.24, 2.45) is 0 Å². The number of esters is 1. The Labute approximate surface area is 158 Å². The summed E-state index contributed by atoms with van der Waals surface area (Å²) in [6.45, 7) is 8.17. The summed E-state index contributed by atoms with van der Waals surface area (Å²) in [7, 11) is 0. The number of carbonyl (C=O) groups is 1. The first kappa shape index (κ1) is 18.7. The van der Waals surface area contributed by atoms with Gasteiger partial charge in [0.25, 0.3) is 0 Å². The van der Waals surface area contributed by atoms with Crippen LogP contribution in [-0.2, 0) is 17.8 Å². The van der Waals surface area contributed by atoms with Gasteiger partial charge in [-0.05, 0) is 68.7 Å². The van der Waals surface area contributed by atoms with Crippen molar-refractivity contribution in [2.75, 3.05) is 0 Å². The van der Waals surface area contributed by atoms with Crippen LogP contribution in [0.5, 0.6) is 11.5 Å². The maximum absolute atomic E-state index is 12.1. The highest BCUT2D eigenvalue weighted by Gasteiger charge is 2.10. The molecule has 1 aromatic heterocycles. The smallest absolute Gasteiger partial charge is 0.315 e. The highest BCUT2D eigenvalue weighted by molar-refractivity contribution is 5.75. The number of aryl methyl sites for hydroxylation is 4. The Bertz CT molecular complexity index is 922. The Kier molecular flexibility index (Phi) is 5.60. The number of ether oxygens (including phenoxy) is 2. The van der Waals surface area contributed by atoms with Gasteiger partial charge in [-0.25, -0.2) is 0 Å². The van der Waals surface area contributed by atoms with E-state index < -0.39 is 0 Å². The van der Waals surface area contributed by atoms with Gasteiger partial charge in [-0.2, -0.15) is 0 Å². The minimum Gasteiger partial charge on any atom is -0.489 e. The monoisotopic (exact) mass is 365 g/mol. The van der Waals surface area contributed by atoms with Crippen LogP contribution in [0.25, 0.3) is 0 Å². The Balaban J connectivity index is 1.55. The molecule has 1 heterocycles. The third-order valence-electron chi connectivity index (χ3n) is 4.55. The summed E-state index contributed by atoms with van der Waals surface area (Å²) in [5.41, 5.74) is 4.92. The Morgan fingerprint density at radius 1 is 0.963 bits per heavy atom. The van der Waals surface area contributed by atoms with Crippen molar-refractivity contribution in [3.63, 3.8) is 0 Å². The second-order valence-electron chi connectivity index (χ2n) is 6.63. The fraction of sp³-hybridized carbons (Fsp3) is 0.273. The number of nitrogens with zero attached hydrogens (tertiary/aromatic N) is 1. The van der Waals surface area contributed by atoms with Gasteiger partial charge >= 0.3 is 5.97 Å². The summed E-state index contributed by atoms with van der Waals surface area (Å²) in [5, 5.41) is 3.91. The lowest BCUT2D eigenvalue weighted by Gasteiger charge is -2.08. The zero-order valence-corrected chi connectivity index (χ0v) is 16.0. The molecule has 140 valence electrons. The summed E-state index contributed by atoms with van der Waals surface area (Å²) in [6.07, 6.45) is 0.205. The SMILES string of the molecule is Cc1ccc(OC(=O)Cc2ccc(OCc3c(C)noc3C)cc2)cc1C. The third-order valence-corrected chi connectivity index (χ3v) is 4.55. The summed E-state index contributed by atoms with van der Waals surface area (Å²) in [6, 6.07) is 13.1. The topological polar surface area (TPSA) is 61.6 Å². The lowest BCUT2D eigenvalue weighted by molar-refractivity contribution is -0.133. The quantitative estimate of drug-likeness (QED) is 0.471. The van der Waals surface area contributed by atoms with Crippen LogP contribution < -0.4 is 9.47 Å². The molecule has 0 radical (unpaired) electrons. The molecule has 5 nitrogen and oxygen atoms in total. The lowest BCUT2D eigenvalue weighted by atomic mass is 10.1. The van der Waals surface area contributed by atoms with E-state index in [4.69, 9.17) is 14.0 Å². The van der Waals surface area contributed by atoms with Gasteiger partial charge in [0.2, 0.25) is 0 Å². The van der Waals surface area contributed by atoms with Gasteiger partial charge in [-0.3, -0.25) is 4.79 Å². The van der Waals surface area contributed by atoms with E-state index in [2.05, 4.69) is 5.16 Å². The second-order valence-corrected chi connectivity index (χ2v) is 6.63. The molecule has 2 aromatic carbocycles. The highest BCUT2D eigenvalue weighted by atomic mass is 16.5. The molecule has 0 saturated carbocycles. The van der Waals surface area contributed by atoms with Crippen LogP contribution in [0.15, 0.2) is 47.0 Å². The van der Waals surface area contributed by atoms with Gasteiger partial charge in [0.15, 0.2) is 0 Å². The van der Waals surface area contributed by atoms with Crippen molar-refractivity contribution in [1.29, 1.82) is 0 Å². The van der Waals surface area contributed by atoms with E-state index in [9.17, 15) is 4.79 Å². The van der Waals surface area contributed by atoms with Crippen LogP contribution in [-0.4, -0.2) is 11.1 Å². The van der Waals surface area contributed by atoms with Crippen LogP contribution in [0.2, 0.25) is 0 Å². The minimum absolute atomic E-state index is 0.205. The summed E-state index contributed by atoms with van der Waals surface area (Å²) in [4.78, 5) is 12.1. The number of aromatic nitrogens is 1. The van der Waals surface area contributed by atoms with Gasteiger partial charge in [0.1, 0.15) is 23.9 Å². The van der Waals surface area contributed by atoms with Crippen molar-refractivity contribution < 1.29 is 18.8 Å². The second kappa shape index (κ2) is 8.08. The predicted molar refractivity (Wildman–Crippen MR) is 102 cm³/mol. The molecule has 0 N–H and O–H groups in total. The van der Waals surface area contributed by atoms with Crippen molar-refractivity contribution >= 4 is 5.97 Å². The van der Waals surface area contributed by atoms with Crippen LogP contribution in [0.3, 0.4) is 0 Å². The van der Waals surface area contributed by atoms with E-state index in [-0.39, 0.29) is 12.4 Å². The average molecular weight is 365 g/mol. The van der Waals surface area contributed by atoms with E-state index >= 15 is 0 Å².